The summed E-state index contributed by atoms with van der Waals surface area (Å²) >= 11 is 1.67. The second-order valence-electron chi connectivity index (χ2n) is 1.62. The van der Waals surface area contributed by atoms with Crippen LogP contribution >= 0.6 is 11.3 Å². The zero-order valence-electron chi connectivity index (χ0n) is 6.97. The molecular weight excluding hydrogens is 144 g/mol. The molecule has 0 amide bonds. The van der Waals surface area contributed by atoms with Crippen molar-refractivity contribution in [3.8, 4) is 5.75 Å². The number of ether oxygens (including phenoxy) is 1. The average Bonchev–Trinajstić information content (AvgIpc) is 2.39. The molecule has 0 N–H and O–H groups in total. The van der Waals surface area contributed by atoms with Crippen molar-refractivity contribution in [2.45, 2.75) is 20.8 Å². The van der Waals surface area contributed by atoms with Crippen molar-refractivity contribution >= 4 is 11.3 Å². The third-order valence-electron chi connectivity index (χ3n) is 1.03. The van der Waals surface area contributed by atoms with Crippen LogP contribution in [-0.4, -0.2) is 7.11 Å². The van der Waals surface area contributed by atoms with Gasteiger partial charge in [-0.1, -0.05) is 13.8 Å². The Morgan fingerprint density at radius 1 is 1.30 bits per heavy atom. The monoisotopic (exact) mass is 158 g/mol. The fourth-order valence-corrected chi connectivity index (χ4v) is 1.35. The van der Waals surface area contributed by atoms with E-state index in [0.29, 0.717) is 0 Å². The number of rotatable bonds is 1. The summed E-state index contributed by atoms with van der Waals surface area (Å²) in [5.41, 5.74) is 1.22. The Bertz CT molecular complexity index is 170. The highest BCUT2D eigenvalue weighted by Crippen LogP contribution is 2.20. The fraction of sp³-hybridized carbons (Fsp3) is 0.500. The van der Waals surface area contributed by atoms with Crippen molar-refractivity contribution in [2.24, 2.45) is 0 Å². The van der Waals surface area contributed by atoms with Crippen LogP contribution in [-0.2, 0) is 0 Å². The summed E-state index contributed by atoms with van der Waals surface area (Å²) in [6.45, 7) is 6.04. The zero-order valence-corrected chi connectivity index (χ0v) is 7.79. The third-order valence-corrected chi connectivity index (χ3v) is 1.87. The van der Waals surface area contributed by atoms with Crippen molar-refractivity contribution in [2.75, 3.05) is 7.11 Å². The second-order valence-corrected chi connectivity index (χ2v) is 2.37. The molecule has 0 radical (unpaired) electrons. The van der Waals surface area contributed by atoms with Gasteiger partial charge in [-0.15, -0.1) is 11.3 Å². The van der Waals surface area contributed by atoms with Crippen molar-refractivity contribution in [1.82, 2.24) is 0 Å². The standard InChI is InChI=1S/C6H8OS.C2H6/c1-5-3-8-4-6(5)7-2;1-2/h3-4H,1-2H3;1-2H3. The van der Waals surface area contributed by atoms with Crippen LogP contribution in [0.1, 0.15) is 19.4 Å². The summed E-state index contributed by atoms with van der Waals surface area (Å²) in [5.74, 6) is 0.995. The van der Waals surface area contributed by atoms with Gasteiger partial charge in [0.1, 0.15) is 5.75 Å². The van der Waals surface area contributed by atoms with Crippen LogP contribution in [0.4, 0.5) is 0 Å². The Kier molecular flexibility index (Phi) is 5.03. The Labute approximate surface area is 66.7 Å². The van der Waals surface area contributed by atoms with Gasteiger partial charge in [-0.2, -0.15) is 0 Å². The summed E-state index contributed by atoms with van der Waals surface area (Å²) in [5, 5.41) is 4.06. The van der Waals surface area contributed by atoms with Crippen molar-refractivity contribution in [3.05, 3.63) is 16.3 Å². The van der Waals surface area contributed by atoms with Gasteiger partial charge < -0.3 is 4.74 Å². The van der Waals surface area contributed by atoms with Crippen LogP contribution in [0.5, 0.6) is 5.75 Å². The van der Waals surface area contributed by atoms with E-state index in [9.17, 15) is 0 Å². The maximum Gasteiger partial charge on any atom is 0.132 e. The highest BCUT2D eigenvalue weighted by atomic mass is 32.1. The van der Waals surface area contributed by atoms with Crippen molar-refractivity contribution in [3.63, 3.8) is 0 Å². The van der Waals surface area contributed by atoms with Gasteiger partial charge in [-0.25, -0.2) is 0 Å². The van der Waals surface area contributed by atoms with E-state index in [1.807, 2.05) is 26.2 Å². The van der Waals surface area contributed by atoms with Crippen LogP contribution in [0.25, 0.3) is 0 Å². The predicted molar refractivity (Wildman–Crippen MR) is 47.0 cm³/mol. The SMILES string of the molecule is CC.COc1cscc1C. The minimum Gasteiger partial charge on any atom is -0.496 e. The lowest BCUT2D eigenvalue weighted by Crippen LogP contribution is -1.79. The number of aryl methyl sites for hydroxylation is 1. The molecule has 2 heteroatoms. The molecular formula is C8H14OS. The molecule has 1 nitrogen and oxygen atoms in total. The average molecular weight is 158 g/mol. The molecule has 0 atom stereocenters. The van der Waals surface area contributed by atoms with E-state index in [0.717, 1.165) is 5.75 Å². The lowest BCUT2D eigenvalue weighted by Gasteiger charge is -1.92. The summed E-state index contributed by atoms with van der Waals surface area (Å²) in [7, 11) is 1.69. The van der Waals surface area contributed by atoms with Gasteiger partial charge in [0.15, 0.2) is 0 Å². The predicted octanol–water partition coefficient (Wildman–Crippen LogP) is 3.09. The van der Waals surface area contributed by atoms with Gasteiger partial charge in [-0.05, 0) is 12.3 Å². The Morgan fingerprint density at radius 3 is 2.10 bits per heavy atom. The Balaban J connectivity index is 0.000000371. The summed E-state index contributed by atoms with van der Waals surface area (Å²) in [4.78, 5) is 0. The van der Waals surface area contributed by atoms with Crippen LogP contribution < -0.4 is 4.74 Å². The van der Waals surface area contributed by atoms with Gasteiger partial charge in [-0.3, -0.25) is 0 Å². The largest absolute Gasteiger partial charge is 0.496 e. The molecule has 0 aliphatic rings. The molecule has 0 unspecified atom stereocenters. The summed E-state index contributed by atoms with van der Waals surface area (Å²) in [6.07, 6.45) is 0. The van der Waals surface area contributed by atoms with Crippen LogP contribution in [0, 0.1) is 6.92 Å². The van der Waals surface area contributed by atoms with Gasteiger partial charge in [0.25, 0.3) is 0 Å². The van der Waals surface area contributed by atoms with E-state index in [-0.39, 0.29) is 0 Å². The third kappa shape index (κ3) is 2.40. The molecule has 1 aromatic heterocycles. The van der Waals surface area contributed by atoms with E-state index >= 15 is 0 Å². The van der Waals surface area contributed by atoms with E-state index in [1.165, 1.54) is 5.56 Å². The quantitative estimate of drug-likeness (QED) is 0.610. The second kappa shape index (κ2) is 5.30. The lowest BCUT2D eigenvalue weighted by atomic mass is 10.4. The van der Waals surface area contributed by atoms with E-state index in [2.05, 4.69) is 5.38 Å². The number of thiophene rings is 1. The molecule has 0 bridgehead atoms. The van der Waals surface area contributed by atoms with Crippen LogP contribution in [0.15, 0.2) is 10.8 Å². The Hall–Kier alpha value is -0.500. The zero-order chi connectivity index (χ0) is 7.98. The normalized spacial score (nSPS) is 8.00. The first kappa shape index (κ1) is 9.50. The molecule has 0 fully saturated rings. The lowest BCUT2D eigenvalue weighted by molar-refractivity contribution is 0.414. The molecule has 0 aliphatic heterocycles. The number of hydrogen-bond donors (Lipinski definition) is 0. The van der Waals surface area contributed by atoms with Crippen LogP contribution in [0.3, 0.4) is 0 Å². The van der Waals surface area contributed by atoms with E-state index < -0.39 is 0 Å². The van der Waals surface area contributed by atoms with Crippen LogP contribution in [0.2, 0.25) is 0 Å². The van der Waals surface area contributed by atoms with Gasteiger partial charge in [0, 0.05) is 10.9 Å². The van der Waals surface area contributed by atoms with E-state index in [1.54, 1.807) is 18.4 Å². The van der Waals surface area contributed by atoms with Gasteiger partial charge >= 0.3 is 0 Å². The smallest absolute Gasteiger partial charge is 0.132 e. The number of hydrogen-bond acceptors (Lipinski definition) is 2. The first-order chi connectivity index (χ1) is 4.84. The summed E-state index contributed by atoms with van der Waals surface area (Å²) in [6, 6.07) is 0. The fourth-order valence-electron chi connectivity index (χ4n) is 0.558. The molecule has 0 aliphatic carbocycles. The minimum absolute atomic E-state index is 0.995. The first-order valence-electron chi connectivity index (χ1n) is 3.41. The molecule has 0 spiro atoms. The molecule has 0 saturated carbocycles. The Morgan fingerprint density at radius 2 is 1.90 bits per heavy atom. The molecule has 1 heterocycles. The molecule has 1 rings (SSSR count). The minimum atomic E-state index is 0.995. The molecule has 10 heavy (non-hydrogen) atoms. The summed E-state index contributed by atoms with van der Waals surface area (Å²) < 4.78 is 5.00. The molecule has 58 valence electrons. The number of methoxy groups -OCH3 is 1. The maximum absolute atomic E-state index is 5.00. The molecule has 0 aromatic carbocycles. The maximum atomic E-state index is 5.00. The molecule has 0 saturated heterocycles. The van der Waals surface area contributed by atoms with Crippen molar-refractivity contribution in [1.29, 1.82) is 0 Å². The topological polar surface area (TPSA) is 9.23 Å². The highest BCUT2D eigenvalue weighted by molar-refractivity contribution is 7.08. The van der Waals surface area contributed by atoms with Gasteiger partial charge in [0.2, 0.25) is 0 Å². The molecule has 1 aromatic rings. The van der Waals surface area contributed by atoms with Gasteiger partial charge in [0.05, 0.1) is 7.11 Å². The van der Waals surface area contributed by atoms with E-state index in [4.69, 9.17) is 4.74 Å². The first-order valence-corrected chi connectivity index (χ1v) is 4.35. The van der Waals surface area contributed by atoms with Crippen molar-refractivity contribution < 1.29 is 4.74 Å². The highest BCUT2D eigenvalue weighted by Gasteiger charge is 1.93.